The minimum absolute atomic E-state index is 0.0368. The summed E-state index contributed by atoms with van der Waals surface area (Å²) >= 11 is 0. The van der Waals surface area contributed by atoms with Crippen LogP contribution in [0.15, 0.2) is 36.4 Å². The molecule has 2 amide bonds. The van der Waals surface area contributed by atoms with E-state index in [-0.39, 0.29) is 24.5 Å². The van der Waals surface area contributed by atoms with Crippen molar-refractivity contribution in [3.05, 3.63) is 47.5 Å². The molecule has 0 radical (unpaired) electrons. The Morgan fingerprint density at radius 1 is 1.03 bits per heavy atom. The summed E-state index contributed by atoms with van der Waals surface area (Å²) in [6.45, 7) is 1.51. The Balaban J connectivity index is 1.23. The molecular formula is C22H24N2O6. The van der Waals surface area contributed by atoms with Crippen molar-refractivity contribution in [1.82, 2.24) is 10.2 Å². The molecule has 8 nitrogen and oxygen atoms in total. The summed E-state index contributed by atoms with van der Waals surface area (Å²) in [7, 11) is 3.19. The van der Waals surface area contributed by atoms with Crippen molar-refractivity contribution >= 4 is 11.8 Å². The SMILES string of the molecule is COc1ccc(CCNC(=O)C2CN(C(=O)c3ccc4c(c3)OCO4)C2)cc1OC. The van der Waals surface area contributed by atoms with Crippen LogP contribution in [0.5, 0.6) is 23.0 Å². The first-order valence-corrected chi connectivity index (χ1v) is 9.76. The van der Waals surface area contributed by atoms with E-state index < -0.39 is 0 Å². The Bertz CT molecular complexity index is 955. The minimum atomic E-state index is -0.187. The number of hydrogen-bond donors (Lipinski definition) is 1. The van der Waals surface area contributed by atoms with Crippen molar-refractivity contribution in [2.75, 3.05) is 40.6 Å². The van der Waals surface area contributed by atoms with Gasteiger partial charge in [-0.25, -0.2) is 0 Å². The standard InChI is InChI=1S/C22H24N2O6/c1-27-17-5-3-14(9-19(17)28-2)7-8-23-21(25)16-11-24(12-16)22(26)15-4-6-18-20(10-15)30-13-29-18/h3-6,9-10,16H,7-8,11-13H2,1-2H3,(H,23,25). The molecule has 0 aliphatic carbocycles. The van der Waals surface area contributed by atoms with Gasteiger partial charge in [0.2, 0.25) is 12.7 Å². The van der Waals surface area contributed by atoms with Crippen LogP contribution < -0.4 is 24.3 Å². The number of likely N-dealkylation sites (tertiary alicyclic amines) is 1. The third-order valence-electron chi connectivity index (χ3n) is 5.32. The Hall–Kier alpha value is -3.42. The van der Waals surface area contributed by atoms with Gasteiger partial charge < -0.3 is 29.2 Å². The average Bonchev–Trinajstić information content (AvgIpc) is 3.20. The number of nitrogens with zero attached hydrogens (tertiary/aromatic N) is 1. The van der Waals surface area contributed by atoms with Crippen molar-refractivity contribution in [3.8, 4) is 23.0 Å². The van der Waals surface area contributed by atoms with E-state index in [4.69, 9.17) is 18.9 Å². The zero-order valence-electron chi connectivity index (χ0n) is 17.0. The molecule has 0 atom stereocenters. The number of nitrogens with one attached hydrogen (secondary N) is 1. The van der Waals surface area contributed by atoms with E-state index in [1.165, 1.54) is 0 Å². The van der Waals surface area contributed by atoms with Crippen LogP contribution in [0.3, 0.4) is 0 Å². The first-order valence-electron chi connectivity index (χ1n) is 9.76. The zero-order chi connectivity index (χ0) is 21.1. The Labute approximate surface area is 174 Å². The van der Waals surface area contributed by atoms with Crippen LogP contribution in [0.25, 0.3) is 0 Å². The molecule has 2 aromatic carbocycles. The van der Waals surface area contributed by atoms with Gasteiger partial charge in [0.25, 0.3) is 5.91 Å². The molecule has 1 fully saturated rings. The molecule has 1 N–H and O–H groups in total. The second-order valence-corrected chi connectivity index (χ2v) is 7.21. The number of rotatable bonds is 7. The summed E-state index contributed by atoms with van der Waals surface area (Å²) in [5.41, 5.74) is 1.58. The molecule has 0 aromatic heterocycles. The first-order chi connectivity index (χ1) is 14.6. The molecule has 1 saturated heterocycles. The van der Waals surface area contributed by atoms with Crippen LogP contribution in [0.2, 0.25) is 0 Å². The lowest BCUT2D eigenvalue weighted by Gasteiger charge is -2.38. The summed E-state index contributed by atoms with van der Waals surface area (Å²) in [4.78, 5) is 26.6. The number of fused-ring (bicyclic) bond motifs is 1. The van der Waals surface area contributed by atoms with Gasteiger partial charge >= 0.3 is 0 Å². The number of carbonyl (C=O) groups is 2. The lowest BCUT2D eigenvalue weighted by molar-refractivity contribution is -0.128. The molecular weight excluding hydrogens is 388 g/mol. The van der Waals surface area contributed by atoms with Gasteiger partial charge in [-0.3, -0.25) is 9.59 Å². The monoisotopic (exact) mass is 412 g/mol. The third kappa shape index (κ3) is 3.98. The highest BCUT2D eigenvalue weighted by atomic mass is 16.7. The molecule has 2 aromatic rings. The molecule has 2 heterocycles. The number of ether oxygens (including phenoxy) is 4. The Morgan fingerprint density at radius 3 is 2.57 bits per heavy atom. The highest BCUT2D eigenvalue weighted by Gasteiger charge is 2.36. The van der Waals surface area contributed by atoms with Gasteiger partial charge in [0.1, 0.15) is 0 Å². The Kier molecular flexibility index (Phi) is 5.65. The van der Waals surface area contributed by atoms with Crippen LogP contribution in [-0.4, -0.2) is 57.4 Å². The zero-order valence-corrected chi connectivity index (χ0v) is 17.0. The van der Waals surface area contributed by atoms with Crippen LogP contribution in [0, 0.1) is 5.92 Å². The number of benzene rings is 2. The summed E-state index contributed by atoms with van der Waals surface area (Å²) in [6, 6.07) is 10.8. The fraction of sp³-hybridized carbons (Fsp3) is 0.364. The lowest BCUT2D eigenvalue weighted by Crippen LogP contribution is -2.55. The van der Waals surface area contributed by atoms with E-state index in [1.807, 2.05) is 18.2 Å². The fourth-order valence-corrected chi connectivity index (χ4v) is 3.53. The van der Waals surface area contributed by atoms with E-state index in [9.17, 15) is 9.59 Å². The van der Waals surface area contributed by atoms with Crippen LogP contribution >= 0.6 is 0 Å². The molecule has 2 aliphatic heterocycles. The summed E-state index contributed by atoms with van der Waals surface area (Å²) in [6.07, 6.45) is 0.679. The van der Waals surface area contributed by atoms with Gasteiger partial charge in [-0.1, -0.05) is 6.07 Å². The maximum absolute atomic E-state index is 12.6. The summed E-state index contributed by atoms with van der Waals surface area (Å²) in [5, 5.41) is 2.95. The van der Waals surface area contributed by atoms with Gasteiger partial charge in [-0.2, -0.15) is 0 Å². The highest BCUT2D eigenvalue weighted by Crippen LogP contribution is 2.33. The first kappa shape index (κ1) is 19.9. The molecule has 0 spiro atoms. The molecule has 2 aliphatic rings. The fourth-order valence-electron chi connectivity index (χ4n) is 3.53. The topological polar surface area (TPSA) is 86.3 Å². The quantitative estimate of drug-likeness (QED) is 0.747. The summed E-state index contributed by atoms with van der Waals surface area (Å²) < 4.78 is 21.1. The molecule has 0 saturated carbocycles. The van der Waals surface area contributed by atoms with Gasteiger partial charge in [0, 0.05) is 25.2 Å². The van der Waals surface area contributed by atoms with E-state index >= 15 is 0 Å². The normalized spacial score (nSPS) is 14.8. The van der Waals surface area contributed by atoms with Gasteiger partial charge in [0.15, 0.2) is 23.0 Å². The summed E-state index contributed by atoms with van der Waals surface area (Å²) in [5.74, 6) is 2.22. The van der Waals surface area contributed by atoms with E-state index in [0.717, 1.165) is 5.56 Å². The van der Waals surface area contributed by atoms with Crippen molar-refractivity contribution in [1.29, 1.82) is 0 Å². The van der Waals surface area contributed by atoms with Crippen molar-refractivity contribution in [2.24, 2.45) is 5.92 Å². The van der Waals surface area contributed by atoms with Gasteiger partial charge in [-0.15, -0.1) is 0 Å². The van der Waals surface area contributed by atoms with Crippen molar-refractivity contribution in [2.45, 2.75) is 6.42 Å². The van der Waals surface area contributed by atoms with Crippen LogP contribution in [0.1, 0.15) is 15.9 Å². The maximum atomic E-state index is 12.6. The largest absolute Gasteiger partial charge is 0.493 e. The van der Waals surface area contributed by atoms with E-state index in [2.05, 4.69) is 5.32 Å². The van der Waals surface area contributed by atoms with Crippen LogP contribution in [0.4, 0.5) is 0 Å². The molecule has 158 valence electrons. The van der Waals surface area contributed by atoms with Gasteiger partial charge in [-0.05, 0) is 42.3 Å². The number of carbonyl (C=O) groups excluding carboxylic acids is 2. The maximum Gasteiger partial charge on any atom is 0.254 e. The second-order valence-electron chi connectivity index (χ2n) is 7.21. The van der Waals surface area contributed by atoms with Crippen molar-refractivity contribution in [3.63, 3.8) is 0 Å². The van der Waals surface area contributed by atoms with Crippen LogP contribution in [-0.2, 0) is 11.2 Å². The molecule has 0 unspecified atom stereocenters. The number of amides is 2. The average molecular weight is 412 g/mol. The molecule has 0 bridgehead atoms. The predicted molar refractivity (Wildman–Crippen MR) is 108 cm³/mol. The van der Waals surface area contributed by atoms with E-state index in [1.54, 1.807) is 37.3 Å². The number of methoxy groups -OCH3 is 2. The van der Waals surface area contributed by atoms with Crippen molar-refractivity contribution < 1.29 is 28.5 Å². The highest BCUT2D eigenvalue weighted by molar-refractivity contribution is 5.96. The smallest absolute Gasteiger partial charge is 0.254 e. The molecule has 4 rings (SSSR count). The second kappa shape index (κ2) is 8.52. The van der Waals surface area contributed by atoms with E-state index in [0.29, 0.717) is 54.6 Å². The molecule has 8 heteroatoms. The molecule has 30 heavy (non-hydrogen) atoms. The Morgan fingerprint density at radius 2 is 1.80 bits per heavy atom. The van der Waals surface area contributed by atoms with Gasteiger partial charge in [0.05, 0.1) is 20.1 Å². The predicted octanol–water partition coefficient (Wildman–Crippen LogP) is 1.86. The third-order valence-corrected chi connectivity index (χ3v) is 5.32. The minimum Gasteiger partial charge on any atom is -0.493 e. The lowest BCUT2D eigenvalue weighted by atomic mass is 9.97. The number of hydrogen-bond acceptors (Lipinski definition) is 6.